The second-order valence-electron chi connectivity index (χ2n) is 9.06. The van der Waals surface area contributed by atoms with E-state index < -0.39 is 0 Å². The van der Waals surface area contributed by atoms with Gasteiger partial charge < -0.3 is 9.32 Å². The van der Waals surface area contributed by atoms with Gasteiger partial charge in [-0.3, -0.25) is 19.5 Å². The Labute approximate surface area is 221 Å². The Morgan fingerprint density at radius 1 is 0.895 bits per heavy atom. The first-order valence-corrected chi connectivity index (χ1v) is 12.4. The van der Waals surface area contributed by atoms with E-state index in [-0.39, 0.29) is 31.3 Å². The third kappa shape index (κ3) is 6.07. The Bertz CT molecular complexity index is 1490. The Hall–Kier alpha value is -4.91. The van der Waals surface area contributed by atoms with Gasteiger partial charge in [-0.2, -0.15) is 0 Å². The van der Waals surface area contributed by atoms with Crippen LogP contribution < -0.4 is 5.32 Å². The lowest BCUT2D eigenvalue weighted by molar-refractivity contribution is -0.135. The monoisotopic (exact) mass is 504 g/mol. The largest absolute Gasteiger partial charge is 0.467 e. The molecule has 0 unspecified atom stereocenters. The minimum Gasteiger partial charge on any atom is -0.467 e. The Morgan fingerprint density at radius 2 is 1.61 bits per heavy atom. The van der Waals surface area contributed by atoms with Crippen LogP contribution >= 0.6 is 0 Å². The zero-order chi connectivity index (χ0) is 26.3. The van der Waals surface area contributed by atoms with Gasteiger partial charge >= 0.3 is 0 Å². The van der Waals surface area contributed by atoms with Crippen LogP contribution in [-0.4, -0.2) is 32.8 Å². The number of amides is 2. The molecule has 0 aliphatic rings. The van der Waals surface area contributed by atoms with Crippen molar-refractivity contribution in [3.63, 3.8) is 0 Å². The van der Waals surface area contributed by atoms with E-state index >= 15 is 0 Å². The predicted octanol–water partition coefficient (Wildman–Crippen LogP) is 5.65. The number of carbonyl (C=O) groups excluding carboxylic acids is 2. The van der Waals surface area contributed by atoms with Crippen LogP contribution in [0.15, 0.2) is 114 Å². The number of imidazole rings is 1. The summed E-state index contributed by atoms with van der Waals surface area (Å²) < 4.78 is 7.31. The second-order valence-corrected chi connectivity index (χ2v) is 9.06. The minimum absolute atomic E-state index is 0.145. The molecule has 2 aromatic heterocycles. The molecule has 3 aromatic carbocycles. The van der Waals surface area contributed by atoms with Gasteiger partial charge in [-0.25, -0.2) is 4.98 Å². The summed E-state index contributed by atoms with van der Waals surface area (Å²) in [6.45, 7) is 2.07. The first kappa shape index (κ1) is 24.8. The number of furan rings is 1. The SMILES string of the molecule is Cc1ccc(-n2cc(-c3ccccc3)nc2NC(=O)CN(Cc2ccco2)C(=O)Cc2ccccc2)cc1. The summed E-state index contributed by atoms with van der Waals surface area (Å²) in [5.41, 5.74) is 4.55. The lowest BCUT2D eigenvalue weighted by Crippen LogP contribution is -2.38. The molecule has 0 aliphatic carbocycles. The van der Waals surface area contributed by atoms with Gasteiger partial charge in [-0.05, 0) is 36.8 Å². The fraction of sp³-hybridized carbons (Fsp3) is 0.129. The van der Waals surface area contributed by atoms with E-state index in [9.17, 15) is 9.59 Å². The zero-order valence-corrected chi connectivity index (χ0v) is 21.1. The van der Waals surface area contributed by atoms with Crippen LogP contribution in [0.1, 0.15) is 16.9 Å². The fourth-order valence-electron chi connectivity index (χ4n) is 4.16. The lowest BCUT2D eigenvalue weighted by Gasteiger charge is -2.21. The number of rotatable bonds is 9. The van der Waals surface area contributed by atoms with Crippen molar-refractivity contribution in [1.82, 2.24) is 14.5 Å². The number of aryl methyl sites for hydroxylation is 1. The Balaban J connectivity index is 1.39. The molecular formula is C31H28N4O3. The maximum absolute atomic E-state index is 13.3. The van der Waals surface area contributed by atoms with Crippen molar-refractivity contribution < 1.29 is 14.0 Å². The summed E-state index contributed by atoms with van der Waals surface area (Å²) in [6, 6.07) is 30.8. The van der Waals surface area contributed by atoms with Gasteiger partial charge in [0.1, 0.15) is 12.3 Å². The molecule has 0 saturated carbocycles. The molecule has 7 heteroatoms. The normalized spacial score (nSPS) is 10.8. The van der Waals surface area contributed by atoms with E-state index in [4.69, 9.17) is 9.40 Å². The molecule has 0 aliphatic heterocycles. The van der Waals surface area contributed by atoms with Gasteiger partial charge in [0.25, 0.3) is 0 Å². The minimum atomic E-state index is -0.350. The molecular weight excluding hydrogens is 476 g/mol. The van der Waals surface area contributed by atoms with E-state index in [0.29, 0.717) is 11.7 Å². The number of hydrogen-bond acceptors (Lipinski definition) is 4. The molecule has 0 saturated heterocycles. The predicted molar refractivity (Wildman–Crippen MR) is 147 cm³/mol. The standard InChI is InChI=1S/C31H28N4O3/c1-23-14-16-26(17-15-23)35-21-28(25-11-6-3-7-12-25)32-31(35)33-29(36)22-34(20-27-13-8-18-38-27)30(37)19-24-9-4-2-5-10-24/h2-18,21H,19-20,22H2,1H3,(H,32,33,36). The quantitative estimate of drug-likeness (QED) is 0.281. The average molecular weight is 505 g/mol. The molecule has 38 heavy (non-hydrogen) atoms. The number of aromatic nitrogens is 2. The number of hydrogen-bond donors (Lipinski definition) is 1. The van der Waals surface area contributed by atoms with Crippen LogP contribution in [0.4, 0.5) is 5.95 Å². The maximum atomic E-state index is 13.3. The van der Waals surface area contributed by atoms with Crippen molar-refractivity contribution in [3.05, 3.63) is 126 Å². The number of nitrogens with one attached hydrogen (secondary N) is 1. The van der Waals surface area contributed by atoms with Crippen molar-refractivity contribution in [1.29, 1.82) is 0 Å². The van der Waals surface area contributed by atoms with Gasteiger partial charge in [0.05, 0.1) is 24.9 Å². The van der Waals surface area contributed by atoms with E-state index in [1.807, 2.05) is 103 Å². The first-order valence-electron chi connectivity index (χ1n) is 12.4. The first-order chi connectivity index (χ1) is 18.5. The van der Waals surface area contributed by atoms with Crippen LogP contribution in [0.3, 0.4) is 0 Å². The molecule has 5 aromatic rings. The second kappa shape index (κ2) is 11.4. The highest BCUT2D eigenvalue weighted by Gasteiger charge is 2.21. The van der Waals surface area contributed by atoms with E-state index in [2.05, 4.69) is 5.32 Å². The summed E-state index contributed by atoms with van der Waals surface area (Å²) >= 11 is 0. The summed E-state index contributed by atoms with van der Waals surface area (Å²) in [5, 5.41) is 2.93. The van der Waals surface area contributed by atoms with E-state index in [0.717, 1.165) is 28.1 Å². The highest BCUT2D eigenvalue weighted by Crippen LogP contribution is 2.24. The van der Waals surface area contributed by atoms with Gasteiger partial charge in [-0.15, -0.1) is 0 Å². The highest BCUT2D eigenvalue weighted by molar-refractivity contribution is 5.94. The van der Waals surface area contributed by atoms with Crippen molar-refractivity contribution in [2.45, 2.75) is 19.9 Å². The molecule has 2 amide bonds. The van der Waals surface area contributed by atoms with Crippen LogP contribution in [0, 0.1) is 6.92 Å². The van der Waals surface area contributed by atoms with Crippen LogP contribution in [0.2, 0.25) is 0 Å². The molecule has 0 atom stereocenters. The lowest BCUT2D eigenvalue weighted by atomic mass is 10.1. The van der Waals surface area contributed by atoms with E-state index in [1.54, 1.807) is 18.4 Å². The maximum Gasteiger partial charge on any atom is 0.246 e. The Kier molecular flexibility index (Phi) is 7.45. The van der Waals surface area contributed by atoms with Crippen molar-refractivity contribution in [3.8, 4) is 16.9 Å². The molecule has 0 bridgehead atoms. The summed E-state index contributed by atoms with van der Waals surface area (Å²) in [5.74, 6) is 0.462. The number of carbonyl (C=O) groups is 2. The smallest absolute Gasteiger partial charge is 0.246 e. The summed E-state index contributed by atoms with van der Waals surface area (Å²) in [4.78, 5) is 32.7. The molecule has 190 valence electrons. The molecule has 5 rings (SSSR count). The molecule has 0 spiro atoms. The van der Waals surface area contributed by atoms with Gasteiger partial charge in [-0.1, -0.05) is 78.4 Å². The van der Waals surface area contributed by atoms with Gasteiger partial charge in [0.2, 0.25) is 17.8 Å². The van der Waals surface area contributed by atoms with Gasteiger partial charge in [0, 0.05) is 17.4 Å². The third-order valence-corrected chi connectivity index (χ3v) is 6.15. The molecule has 7 nitrogen and oxygen atoms in total. The van der Waals surface area contributed by atoms with Crippen LogP contribution in [0.5, 0.6) is 0 Å². The van der Waals surface area contributed by atoms with Crippen molar-refractivity contribution in [2.75, 3.05) is 11.9 Å². The number of nitrogens with zero attached hydrogens (tertiary/aromatic N) is 3. The van der Waals surface area contributed by atoms with E-state index in [1.165, 1.54) is 4.90 Å². The number of benzene rings is 3. The third-order valence-electron chi connectivity index (χ3n) is 6.15. The molecule has 0 radical (unpaired) electrons. The molecule has 0 fully saturated rings. The zero-order valence-electron chi connectivity index (χ0n) is 21.1. The van der Waals surface area contributed by atoms with Crippen molar-refractivity contribution in [2.24, 2.45) is 0 Å². The van der Waals surface area contributed by atoms with Crippen LogP contribution in [-0.2, 0) is 22.6 Å². The molecule has 2 heterocycles. The fourth-order valence-corrected chi connectivity index (χ4v) is 4.16. The topological polar surface area (TPSA) is 80.4 Å². The Morgan fingerprint density at radius 3 is 2.29 bits per heavy atom. The highest BCUT2D eigenvalue weighted by atomic mass is 16.3. The average Bonchev–Trinajstić information content (AvgIpc) is 3.60. The van der Waals surface area contributed by atoms with Crippen LogP contribution in [0.25, 0.3) is 16.9 Å². The van der Waals surface area contributed by atoms with Crippen molar-refractivity contribution >= 4 is 17.8 Å². The summed E-state index contributed by atoms with van der Waals surface area (Å²) in [7, 11) is 0. The summed E-state index contributed by atoms with van der Waals surface area (Å²) in [6.07, 6.45) is 3.64. The molecule has 1 N–H and O–H groups in total. The van der Waals surface area contributed by atoms with Gasteiger partial charge in [0.15, 0.2) is 0 Å². The number of anilines is 1.